The van der Waals surface area contributed by atoms with E-state index in [0.717, 1.165) is 34.9 Å². The minimum atomic E-state index is -0.0346. The van der Waals surface area contributed by atoms with Gasteiger partial charge in [0.1, 0.15) is 5.78 Å². The lowest BCUT2D eigenvalue weighted by Crippen LogP contribution is -2.27. The zero-order valence-electron chi connectivity index (χ0n) is 13.6. The van der Waals surface area contributed by atoms with Crippen molar-refractivity contribution in [2.24, 2.45) is 5.92 Å². The predicted molar refractivity (Wildman–Crippen MR) is 99.2 cm³/mol. The van der Waals surface area contributed by atoms with E-state index in [1.807, 2.05) is 54.6 Å². The predicted octanol–water partition coefficient (Wildman–Crippen LogP) is 5.57. The van der Waals surface area contributed by atoms with Gasteiger partial charge in [-0.25, -0.2) is 0 Å². The maximum atomic E-state index is 12.7. The first-order valence-electron chi connectivity index (χ1n) is 8.51. The van der Waals surface area contributed by atoms with Crippen LogP contribution in [0, 0.1) is 5.92 Å². The van der Waals surface area contributed by atoms with Crippen molar-refractivity contribution in [1.29, 1.82) is 0 Å². The summed E-state index contributed by atoms with van der Waals surface area (Å²) in [6.07, 6.45) is 3.99. The standard InChI is InChI=1S/C21H21BrO2/c22-17-12-10-15(11-13-17)19(18-8-4-5-9-20(18)23)14-21(24)16-6-2-1-3-7-16/h1-3,6-7,10-13,18-19H,4-5,8-9,14H2. The van der Waals surface area contributed by atoms with Gasteiger partial charge in [-0.1, -0.05) is 64.8 Å². The Morgan fingerprint density at radius 3 is 2.42 bits per heavy atom. The molecule has 2 nitrogen and oxygen atoms in total. The number of hydrogen-bond donors (Lipinski definition) is 0. The van der Waals surface area contributed by atoms with Gasteiger partial charge in [-0.2, -0.15) is 0 Å². The Morgan fingerprint density at radius 1 is 1.04 bits per heavy atom. The fourth-order valence-electron chi connectivity index (χ4n) is 3.58. The molecular weight excluding hydrogens is 364 g/mol. The molecule has 1 saturated carbocycles. The maximum absolute atomic E-state index is 12.7. The van der Waals surface area contributed by atoms with Crippen LogP contribution in [0.3, 0.4) is 0 Å². The van der Waals surface area contributed by atoms with Crippen molar-refractivity contribution >= 4 is 27.5 Å². The van der Waals surface area contributed by atoms with Gasteiger partial charge >= 0.3 is 0 Å². The normalized spacial score (nSPS) is 19.0. The minimum absolute atomic E-state index is 0.0291. The highest BCUT2D eigenvalue weighted by Crippen LogP contribution is 2.37. The summed E-state index contributed by atoms with van der Waals surface area (Å²) in [5, 5.41) is 0. The molecule has 2 atom stereocenters. The first-order chi connectivity index (χ1) is 11.6. The zero-order chi connectivity index (χ0) is 16.9. The van der Waals surface area contributed by atoms with Crippen LogP contribution in [0.5, 0.6) is 0 Å². The Bertz CT molecular complexity index is 706. The third-order valence-electron chi connectivity index (χ3n) is 4.89. The number of Topliss-reactive ketones (excluding diaryl/α,β-unsaturated/α-hetero) is 2. The Balaban J connectivity index is 1.88. The van der Waals surface area contributed by atoms with E-state index in [1.54, 1.807) is 0 Å². The van der Waals surface area contributed by atoms with Crippen molar-refractivity contribution in [3.8, 4) is 0 Å². The molecule has 124 valence electrons. The van der Waals surface area contributed by atoms with Crippen LogP contribution in [-0.4, -0.2) is 11.6 Å². The third-order valence-corrected chi connectivity index (χ3v) is 5.42. The summed E-state index contributed by atoms with van der Waals surface area (Å²) < 4.78 is 1.01. The fourth-order valence-corrected chi connectivity index (χ4v) is 3.84. The third kappa shape index (κ3) is 4.02. The van der Waals surface area contributed by atoms with Crippen LogP contribution in [0.25, 0.3) is 0 Å². The van der Waals surface area contributed by atoms with E-state index < -0.39 is 0 Å². The van der Waals surface area contributed by atoms with E-state index in [9.17, 15) is 9.59 Å². The van der Waals surface area contributed by atoms with Gasteiger partial charge in [-0.3, -0.25) is 9.59 Å². The summed E-state index contributed by atoms with van der Waals surface area (Å²) in [6.45, 7) is 0. The Kier molecular flexibility index (Phi) is 5.62. The molecule has 0 amide bonds. The van der Waals surface area contributed by atoms with E-state index in [1.165, 1.54) is 0 Å². The summed E-state index contributed by atoms with van der Waals surface area (Å²) in [6, 6.07) is 17.4. The van der Waals surface area contributed by atoms with Crippen LogP contribution in [-0.2, 0) is 4.79 Å². The lowest BCUT2D eigenvalue weighted by molar-refractivity contribution is -0.125. The highest BCUT2D eigenvalue weighted by Gasteiger charge is 2.32. The number of halogens is 1. The van der Waals surface area contributed by atoms with Crippen LogP contribution in [0.15, 0.2) is 59.1 Å². The highest BCUT2D eigenvalue weighted by atomic mass is 79.9. The summed E-state index contributed by atoms with van der Waals surface area (Å²) in [4.78, 5) is 25.2. The van der Waals surface area contributed by atoms with Gasteiger partial charge < -0.3 is 0 Å². The second kappa shape index (κ2) is 7.89. The van der Waals surface area contributed by atoms with Gasteiger partial charge in [0.2, 0.25) is 0 Å². The van der Waals surface area contributed by atoms with Gasteiger partial charge in [-0.15, -0.1) is 0 Å². The number of carbonyl (C=O) groups is 2. The largest absolute Gasteiger partial charge is 0.299 e. The van der Waals surface area contributed by atoms with Crippen molar-refractivity contribution in [3.63, 3.8) is 0 Å². The van der Waals surface area contributed by atoms with Gasteiger partial charge in [0.05, 0.1) is 0 Å². The van der Waals surface area contributed by atoms with Gasteiger partial charge in [0, 0.05) is 34.7 Å². The average Bonchev–Trinajstić information content (AvgIpc) is 2.62. The fraction of sp³-hybridized carbons (Fsp3) is 0.333. The van der Waals surface area contributed by atoms with Crippen LogP contribution in [0.4, 0.5) is 0 Å². The quantitative estimate of drug-likeness (QED) is 0.631. The van der Waals surface area contributed by atoms with Crippen molar-refractivity contribution < 1.29 is 9.59 Å². The van der Waals surface area contributed by atoms with Gasteiger partial charge in [0.25, 0.3) is 0 Å². The van der Waals surface area contributed by atoms with Crippen LogP contribution >= 0.6 is 15.9 Å². The summed E-state index contributed by atoms with van der Waals surface area (Å²) >= 11 is 3.46. The molecule has 1 aliphatic carbocycles. The Morgan fingerprint density at radius 2 is 1.75 bits per heavy atom. The van der Waals surface area contributed by atoms with E-state index in [4.69, 9.17) is 0 Å². The number of rotatable bonds is 5. The van der Waals surface area contributed by atoms with E-state index in [2.05, 4.69) is 15.9 Å². The Hall–Kier alpha value is -1.74. The second-order valence-electron chi connectivity index (χ2n) is 6.47. The lowest BCUT2D eigenvalue weighted by Gasteiger charge is -2.29. The smallest absolute Gasteiger partial charge is 0.163 e. The molecule has 2 aromatic rings. The molecule has 0 heterocycles. The minimum Gasteiger partial charge on any atom is -0.299 e. The van der Waals surface area contributed by atoms with E-state index in [-0.39, 0.29) is 17.6 Å². The first-order valence-corrected chi connectivity index (χ1v) is 9.31. The van der Waals surface area contributed by atoms with E-state index >= 15 is 0 Å². The number of benzene rings is 2. The average molecular weight is 385 g/mol. The Labute approximate surface area is 151 Å². The van der Waals surface area contributed by atoms with Crippen molar-refractivity contribution in [1.82, 2.24) is 0 Å². The molecule has 0 aliphatic heterocycles. The molecule has 0 aromatic heterocycles. The molecule has 0 radical (unpaired) electrons. The molecule has 1 aliphatic rings. The molecule has 0 N–H and O–H groups in total. The molecule has 2 aromatic carbocycles. The van der Waals surface area contributed by atoms with Crippen molar-refractivity contribution in [2.75, 3.05) is 0 Å². The zero-order valence-corrected chi connectivity index (χ0v) is 15.2. The molecular formula is C21H21BrO2. The molecule has 2 unspecified atom stereocenters. The van der Waals surface area contributed by atoms with Crippen LogP contribution < -0.4 is 0 Å². The van der Waals surface area contributed by atoms with Crippen LogP contribution in [0.1, 0.15) is 53.9 Å². The summed E-state index contributed by atoms with van der Waals surface area (Å²) in [7, 11) is 0. The monoisotopic (exact) mass is 384 g/mol. The van der Waals surface area contributed by atoms with Gasteiger partial charge in [-0.05, 0) is 30.5 Å². The lowest BCUT2D eigenvalue weighted by atomic mass is 9.73. The van der Waals surface area contributed by atoms with Crippen molar-refractivity contribution in [3.05, 3.63) is 70.2 Å². The maximum Gasteiger partial charge on any atom is 0.163 e. The summed E-state index contributed by atoms with van der Waals surface area (Å²) in [5.41, 5.74) is 1.81. The molecule has 0 bridgehead atoms. The van der Waals surface area contributed by atoms with Gasteiger partial charge in [0.15, 0.2) is 5.78 Å². The molecule has 0 spiro atoms. The van der Waals surface area contributed by atoms with Crippen LogP contribution in [0.2, 0.25) is 0 Å². The first kappa shape index (κ1) is 17.1. The number of hydrogen-bond acceptors (Lipinski definition) is 2. The number of ketones is 2. The van der Waals surface area contributed by atoms with E-state index in [0.29, 0.717) is 18.6 Å². The topological polar surface area (TPSA) is 34.1 Å². The second-order valence-corrected chi connectivity index (χ2v) is 7.39. The molecule has 24 heavy (non-hydrogen) atoms. The molecule has 0 saturated heterocycles. The molecule has 3 heteroatoms. The highest BCUT2D eigenvalue weighted by molar-refractivity contribution is 9.10. The SMILES string of the molecule is O=C(CC(c1ccc(Br)cc1)C1CCCCC1=O)c1ccccc1. The molecule has 1 fully saturated rings. The van der Waals surface area contributed by atoms with Crippen molar-refractivity contribution in [2.45, 2.75) is 38.0 Å². The number of carbonyl (C=O) groups excluding carboxylic acids is 2. The molecule has 3 rings (SSSR count). The summed E-state index contributed by atoms with van der Waals surface area (Å²) in [5.74, 6) is 0.364.